The van der Waals surface area contributed by atoms with Gasteiger partial charge in [0.05, 0.1) is 11.5 Å². The molecule has 1 amide bonds. The molecule has 1 aliphatic heterocycles. The molecule has 7 heteroatoms. The number of amides is 1. The van der Waals surface area contributed by atoms with Gasteiger partial charge in [-0.05, 0) is 49.6 Å². The van der Waals surface area contributed by atoms with E-state index in [1.807, 2.05) is 19.1 Å². The van der Waals surface area contributed by atoms with Crippen LogP contribution in [0, 0.1) is 11.2 Å². The predicted octanol–water partition coefficient (Wildman–Crippen LogP) is 4.09. The number of carbonyl (C=O) groups excluding carboxylic acids is 1. The van der Waals surface area contributed by atoms with Crippen molar-refractivity contribution < 1.29 is 18.4 Å². The van der Waals surface area contributed by atoms with Crippen molar-refractivity contribution in [3.8, 4) is 11.3 Å². The van der Waals surface area contributed by atoms with Gasteiger partial charge in [0.25, 0.3) is 0 Å². The molecular formula is C23H24FN3O3. The molecule has 0 unspecified atom stereocenters. The number of halogens is 1. The van der Waals surface area contributed by atoms with Crippen molar-refractivity contribution in [1.82, 2.24) is 15.5 Å². The van der Waals surface area contributed by atoms with Crippen molar-refractivity contribution >= 4 is 5.91 Å². The first-order valence-electron chi connectivity index (χ1n) is 10.1. The molecule has 1 atom stereocenters. The monoisotopic (exact) mass is 409 g/mol. The van der Waals surface area contributed by atoms with Crippen LogP contribution in [-0.2, 0) is 16.0 Å². The minimum Gasteiger partial charge on any atom is -0.381 e. The molecule has 1 aromatic carbocycles. The zero-order chi connectivity index (χ0) is 21.0. The molecule has 30 heavy (non-hydrogen) atoms. The summed E-state index contributed by atoms with van der Waals surface area (Å²) < 4.78 is 25.1. The van der Waals surface area contributed by atoms with E-state index in [2.05, 4.69) is 15.5 Å². The summed E-state index contributed by atoms with van der Waals surface area (Å²) in [6.45, 7) is 2.96. The molecule has 4 rings (SSSR count). The van der Waals surface area contributed by atoms with Gasteiger partial charge in [0.2, 0.25) is 5.91 Å². The van der Waals surface area contributed by atoms with E-state index in [-0.39, 0.29) is 17.8 Å². The molecule has 0 spiro atoms. The largest absolute Gasteiger partial charge is 0.381 e. The van der Waals surface area contributed by atoms with Gasteiger partial charge in [-0.3, -0.25) is 9.78 Å². The van der Waals surface area contributed by atoms with E-state index < -0.39 is 5.41 Å². The van der Waals surface area contributed by atoms with Gasteiger partial charge in [-0.25, -0.2) is 4.39 Å². The van der Waals surface area contributed by atoms with Crippen LogP contribution in [-0.4, -0.2) is 29.3 Å². The number of hydrogen-bond donors (Lipinski definition) is 1. The van der Waals surface area contributed by atoms with Gasteiger partial charge in [0.1, 0.15) is 17.3 Å². The Morgan fingerprint density at radius 2 is 1.93 bits per heavy atom. The summed E-state index contributed by atoms with van der Waals surface area (Å²) in [4.78, 5) is 17.4. The van der Waals surface area contributed by atoms with E-state index in [0.29, 0.717) is 49.5 Å². The molecular weight excluding hydrogens is 385 g/mol. The summed E-state index contributed by atoms with van der Waals surface area (Å²) in [5.74, 6) is 0.155. The molecule has 1 aliphatic rings. The first kappa shape index (κ1) is 20.2. The van der Waals surface area contributed by atoms with Crippen LogP contribution in [0.15, 0.2) is 59.4 Å². The van der Waals surface area contributed by atoms with Crippen molar-refractivity contribution in [3.63, 3.8) is 0 Å². The summed E-state index contributed by atoms with van der Waals surface area (Å²) in [5.41, 5.74) is 1.13. The minimum atomic E-state index is -0.661. The Hall–Kier alpha value is -3.06. The van der Waals surface area contributed by atoms with Crippen LogP contribution in [0.5, 0.6) is 0 Å². The first-order valence-corrected chi connectivity index (χ1v) is 10.1. The van der Waals surface area contributed by atoms with Crippen molar-refractivity contribution in [2.75, 3.05) is 13.2 Å². The SMILES string of the molecule is C[C@H](NC(=O)C1(Cc2cc(-c3ccccc3F)no2)CCOCC1)c1ccncc1. The molecule has 0 saturated carbocycles. The van der Waals surface area contributed by atoms with E-state index in [1.165, 1.54) is 6.07 Å². The third-order valence-corrected chi connectivity index (χ3v) is 5.71. The fourth-order valence-electron chi connectivity index (χ4n) is 3.86. The van der Waals surface area contributed by atoms with Gasteiger partial charge >= 0.3 is 0 Å². The molecule has 3 heterocycles. The summed E-state index contributed by atoms with van der Waals surface area (Å²) in [5, 5.41) is 7.16. The van der Waals surface area contributed by atoms with E-state index in [0.717, 1.165) is 5.56 Å². The molecule has 3 aromatic rings. The van der Waals surface area contributed by atoms with Crippen LogP contribution in [0.3, 0.4) is 0 Å². The van der Waals surface area contributed by atoms with Crippen molar-refractivity contribution in [2.45, 2.75) is 32.2 Å². The lowest BCUT2D eigenvalue weighted by Gasteiger charge is -2.36. The average Bonchev–Trinajstić information content (AvgIpc) is 3.23. The number of benzene rings is 1. The Bertz CT molecular complexity index is 1000. The normalized spacial score (nSPS) is 16.7. The molecule has 2 aromatic heterocycles. The Morgan fingerprint density at radius 1 is 1.20 bits per heavy atom. The van der Waals surface area contributed by atoms with Crippen molar-refractivity contribution in [2.24, 2.45) is 5.41 Å². The average molecular weight is 409 g/mol. The summed E-state index contributed by atoms with van der Waals surface area (Å²) in [7, 11) is 0. The minimum absolute atomic E-state index is 0.0426. The van der Waals surface area contributed by atoms with Gasteiger partial charge in [-0.1, -0.05) is 17.3 Å². The zero-order valence-electron chi connectivity index (χ0n) is 16.8. The standard InChI is InChI=1S/C23H24FN3O3/c1-16(17-6-10-25-11-7-17)26-22(28)23(8-12-29-13-9-23)15-18-14-21(27-30-18)19-4-2-3-5-20(19)24/h2-7,10-11,14,16H,8-9,12-13,15H2,1H3,(H,26,28)/t16-/m0/s1. The maximum atomic E-state index is 14.1. The Kier molecular flexibility index (Phi) is 5.90. The lowest BCUT2D eigenvalue weighted by Crippen LogP contribution is -2.46. The van der Waals surface area contributed by atoms with Crippen LogP contribution < -0.4 is 5.32 Å². The summed E-state index contributed by atoms with van der Waals surface area (Å²) >= 11 is 0. The molecule has 1 saturated heterocycles. The molecule has 6 nitrogen and oxygen atoms in total. The van der Waals surface area contributed by atoms with Crippen LogP contribution in [0.4, 0.5) is 4.39 Å². The number of pyridine rings is 1. The third kappa shape index (κ3) is 4.26. The van der Waals surface area contributed by atoms with E-state index in [1.54, 1.807) is 36.7 Å². The number of ether oxygens (including phenoxy) is 1. The lowest BCUT2D eigenvalue weighted by molar-refractivity contribution is -0.137. The maximum absolute atomic E-state index is 14.1. The van der Waals surface area contributed by atoms with Crippen LogP contribution in [0.25, 0.3) is 11.3 Å². The van der Waals surface area contributed by atoms with E-state index >= 15 is 0 Å². The number of nitrogens with zero attached hydrogens (tertiary/aromatic N) is 2. The van der Waals surface area contributed by atoms with Crippen molar-refractivity contribution in [1.29, 1.82) is 0 Å². The smallest absolute Gasteiger partial charge is 0.227 e. The Labute approximate surface area is 174 Å². The first-order chi connectivity index (χ1) is 14.6. The highest BCUT2D eigenvalue weighted by atomic mass is 19.1. The van der Waals surface area contributed by atoms with Gasteiger partial charge < -0.3 is 14.6 Å². The van der Waals surface area contributed by atoms with E-state index in [9.17, 15) is 9.18 Å². The second kappa shape index (κ2) is 8.75. The third-order valence-electron chi connectivity index (χ3n) is 5.71. The van der Waals surface area contributed by atoms with Gasteiger partial charge in [-0.2, -0.15) is 0 Å². The highest BCUT2D eigenvalue weighted by Gasteiger charge is 2.41. The number of aromatic nitrogens is 2. The highest BCUT2D eigenvalue weighted by molar-refractivity contribution is 5.83. The number of carbonyl (C=O) groups is 1. The molecule has 1 fully saturated rings. The molecule has 1 N–H and O–H groups in total. The fourth-order valence-corrected chi connectivity index (χ4v) is 3.86. The number of nitrogens with one attached hydrogen (secondary N) is 1. The summed E-state index contributed by atoms with van der Waals surface area (Å²) in [6.07, 6.45) is 4.96. The predicted molar refractivity (Wildman–Crippen MR) is 109 cm³/mol. The quantitative estimate of drug-likeness (QED) is 0.663. The van der Waals surface area contributed by atoms with E-state index in [4.69, 9.17) is 9.26 Å². The Balaban J connectivity index is 1.54. The fraction of sp³-hybridized carbons (Fsp3) is 0.348. The van der Waals surface area contributed by atoms with Gasteiger partial charge in [0, 0.05) is 43.7 Å². The molecule has 156 valence electrons. The molecule has 0 radical (unpaired) electrons. The molecule has 0 aliphatic carbocycles. The number of hydrogen-bond acceptors (Lipinski definition) is 5. The van der Waals surface area contributed by atoms with Crippen LogP contribution in [0.1, 0.15) is 37.1 Å². The zero-order valence-corrected chi connectivity index (χ0v) is 16.8. The topological polar surface area (TPSA) is 77.2 Å². The van der Waals surface area contributed by atoms with Gasteiger partial charge in [0.15, 0.2) is 0 Å². The number of rotatable bonds is 6. The lowest BCUT2D eigenvalue weighted by atomic mass is 9.75. The molecule has 0 bridgehead atoms. The second-order valence-corrected chi connectivity index (χ2v) is 7.70. The van der Waals surface area contributed by atoms with Crippen LogP contribution in [0.2, 0.25) is 0 Å². The van der Waals surface area contributed by atoms with Gasteiger partial charge in [-0.15, -0.1) is 0 Å². The van der Waals surface area contributed by atoms with Crippen LogP contribution >= 0.6 is 0 Å². The second-order valence-electron chi connectivity index (χ2n) is 7.70. The van der Waals surface area contributed by atoms with Crippen molar-refractivity contribution in [3.05, 3.63) is 72.0 Å². The maximum Gasteiger partial charge on any atom is 0.227 e. The summed E-state index contributed by atoms with van der Waals surface area (Å²) in [6, 6.07) is 11.8. The highest BCUT2D eigenvalue weighted by Crippen LogP contribution is 2.36. The Morgan fingerprint density at radius 3 is 2.67 bits per heavy atom.